The van der Waals surface area contributed by atoms with E-state index in [1.165, 1.54) is 11.1 Å². The Morgan fingerprint density at radius 2 is 1.41 bits per heavy atom. The average Bonchev–Trinajstić information content (AvgIpc) is 2.85. The molecule has 0 aliphatic heterocycles. The van der Waals surface area contributed by atoms with Gasteiger partial charge in [0.2, 0.25) is 0 Å². The van der Waals surface area contributed by atoms with E-state index >= 15 is 0 Å². The predicted octanol–water partition coefficient (Wildman–Crippen LogP) is 8.72. The molecule has 4 rings (SSSR count). The van der Waals surface area contributed by atoms with Gasteiger partial charge in [0, 0.05) is 7.11 Å². The maximum absolute atomic E-state index is 15.0. The molecule has 0 bridgehead atoms. The van der Waals surface area contributed by atoms with Crippen molar-refractivity contribution < 1.29 is 9.13 Å². The van der Waals surface area contributed by atoms with Gasteiger partial charge in [-0.3, -0.25) is 0 Å². The van der Waals surface area contributed by atoms with Gasteiger partial charge in [-0.25, -0.2) is 4.39 Å². The van der Waals surface area contributed by atoms with Gasteiger partial charge in [0.15, 0.2) is 0 Å². The van der Waals surface area contributed by atoms with E-state index in [1.54, 1.807) is 13.2 Å². The van der Waals surface area contributed by atoms with Gasteiger partial charge < -0.3 is 4.74 Å². The van der Waals surface area contributed by atoms with E-state index in [4.69, 9.17) is 4.74 Å². The summed E-state index contributed by atoms with van der Waals surface area (Å²) in [5.74, 6) is 0.847. The van der Waals surface area contributed by atoms with Crippen LogP contribution in [0.4, 0.5) is 4.39 Å². The van der Waals surface area contributed by atoms with E-state index in [0.717, 1.165) is 54.4 Å². The zero-order valence-corrected chi connectivity index (χ0v) is 19.2. The minimum Gasteiger partial charge on any atom is -0.377 e. The summed E-state index contributed by atoms with van der Waals surface area (Å²) in [6.45, 7) is 6.04. The van der Waals surface area contributed by atoms with Crippen molar-refractivity contribution in [1.29, 1.82) is 0 Å². The first-order valence-corrected chi connectivity index (χ1v) is 11.8. The molecular formula is C30H33FO. The monoisotopic (exact) mass is 428 g/mol. The van der Waals surface area contributed by atoms with Crippen LogP contribution in [-0.4, -0.2) is 7.11 Å². The molecule has 3 aromatic rings. The number of allylic oxidation sites excluding steroid dienone is 1. The number of methoxy groups -OCH3 is 1. The van der Waals surface area contributed by atoms with Gasteiger partial charge in [0.25, 0.3) is 0 Å². The summed E-state index contributed by atoms with van der Waals surface area (Å²) in [6.07, 6.45) is 7.46. The summed E-state index contributed by atoms with van der Waals surface area (Å²) in [4.78, 5) is 0. The van der Waals surface area contributed by atoms with E-state index in [0.29, 0.717) is 11.8 Å². The van der Waals surface area contributed by atoms with E-state index < -0.39 is 0 Å². The fourth-order valence-electron chi connectivity index (χ4n) is 4.99. The summed E-state index contributed by atoms with van der Waals surface area (Å²) in [5, 5.41) is 0. The summed E-state index contributed by atoms with van der Waals surface area (Å²) in [5.41, 5.74) is 6.36. The Balaban J connectivity index is 1.48. The van der Waals surface area contributed by atoms with Crippen molar-refractivity contribution in [3.05, 3.63) is 96.3 Å². The van der Waals surface area contributed by atoms with Crippen molar-refractivity contribution in [2.45, 2.75) is 51.0 Å². The van der Waals surface area contributed by atoms with Crippen molar-refractivity contribution in [2.24, 2.45) is 5.92 Å². The molecular weight excluding hydrogens is 395 g/mol. The highest BCUT2D eigenvalue weighted by Crippen LogP contribution is 2.38. The van der Waals surface area contributed by atoms with Gasteiger partial charge in [-0.05, 0) is 83.4 Å². The van der Waals surface area contributed by atoms with E-state index in [1.807, 2.05) is 6.07 Å². The number of hydrogen-bond donors (Lipinski definition) is 0. The van der Waals surface area contributed by atoms with Gasteiger partial charge in [-0.1, -0.05) is 73.7 Å². The van der Waals surface area contributed by atoms with Crippen LogP contribution in [0.1, 0.15) is 62.2 Å². The molecule has 2 heteroatoms. The van der Waals surface area contributed by atoms with Gasteiger partial charge in [0.05, 0.1) is 6.10 Å². The number of rotatable bonds is 7. The van der Waals surface area contributed by atoms with Gasteiger partial charge in [-0.2, -0.15) is 0 Å². The first-order chi connectivity index (χ1) is 15.6. The molecule has 0 radical (unpaired) electrons. The zero-order valence-electron chi connectivity index (χ0n) is 19.2. The second-order valence-corrected chi connectivity index (χ2v) is 8.92. The van der Waals surface area contributed by atoms with Crippen LogP contribution in [0.25, 0.3) is 22.3 Å². The Morgan fingerprint density at radius 3 is 1.91 bits per heavy atom. The molecule has 166 valence electrons. The van der Waals surface area contributed by atoms with Crippen LogP contribution < -0.4 is 0 Å². The fourth-order valence-corrected chi connectivity index (χ4v) is 4.99. The maximum Gasteiger partial charge on any atom is 0.127 e. The number of halogens is 1. The first-order valence-electron chi connectivity index (χ1n) is 11.8. The SMILES string of the molecule is C=CC1CCC(c2ccc(-c3ccc(-c4ccc(C(CC)OC)cc4)cc3)cc2F)CC1. The van der Waals surface area contributed by atoms with Crippen LogP contribution in [-0.2, 0) is 4.74 Å². The largest absolute Gasteiger partial charge is 0.377 e. The molecule has 0 aromatic heterocycles. The average molecular weight is 429 g/mol. The molecule has 0 saturated heterocycles. The second-order valence-electron chi connectivity index (χ2n) is 8.92. The Hall–Kier alpha value is -2.71. The molecule has 1 fully saturated rings. The van der Waals surface area contributed by atoms with Crippen LogP contribution in [0.2, 0.25) is 0 Å². The van der Waals surface area contributed by atoms with Crippen molar-refractivity contribution in [3.8, 4) is 22.3 Å². The van der Waals surface area contributed by atoms with Gasteiger partial charge in [0.1, 0.15) is 5.82 Å². The highest BCUT2D eigenvalue weighted by Gasteiger charge is 2.23. The third kappa shape index (κ3) is 4.86. The molecule has 0 N–H and O–H groups in total. The quantitative estimate of drug-likeness (QED) is 0.342. The van der Waals surface area contributed by atoms with Gasteiger partial charge in [-0.15, -0.1) is 6.58 Å². The molecule has 1 aliphatic carbocycles. The lowest BCUT2D eigenvalue weighted by Gasteiger charge is -2.27. The molecule has 32 heavy (non-hydrogen) atoms. The topological polar surface area (TPSA) is 9.23 Å². The molecule has 1 saturated carbocycles. The molecule has 0 heterocycles. The van der Waals surface area contributed by atoms with E-state index in [9.17, 15) is 4.39 Å². The molecule has 1 atom stereocenters. The Kier molecular flexibility index (Phi) is 7.22. The van der Waals surface area contributed by atoms with Gasteiger partial charge >= 0.3 is 0 Å². The van der Waals surface area contributed by atoms with Crippen LogP contribution in [0.5, 0.6) is 0 Å². The van der Waals surface area contributed by atoms with Crippen molar-refractivity contribution in [3.63, 3.8) is 0 Å². The molecule has 0 amide bonds. The lowest BCUT2D eigenvalue weighted by Crippen LogP contribution is -2.12. The first kappa shape index (κ1) is 22.5. The zero-order chi connectivity index (χ0) is 22.5. The lowest BCUT2D eigenvalue weighted by atomic mass is 9.78. The van der Waals surface area contributed by atoms with Crippen molar-refractivity contribution in [2.75, 3.05) is 7.11 Å². The maximum atomic E-state index is 15.0. The minimum atomic E-state index is -0.0761. The summed E-state index contributed by atoms with van der Waals surface area (Å²) < 4.78 is 20.5. The third-order valence-electron chi connectivity index (χ3n) is 7.03. The van der Waals surface area contributed by atoms with Crippen molar-refractivity contribution >= 4 is 0 Å². The fraction of sp³-hybridized carbons (Fsp3) is 0.333. The number of benzene rings is 3. The molecule has 1 aliphatic rings. The standard InChI is InChI=1S/C30H33FO/c1-4-21-6-8-25(9-7-21)28-19-18-27(20-29(28)31)24-12-10-22(11-13-24)23-14-16-26(17-15-23)30(5-2)32-3/h4,10-21,25,30H,1,5-9H2,2-3H3. The third-order valence-corrected chi connectivity index (χ3v) is 7.03. The van der Waals surface area contributed by atoms with E-state index in [2.05, 4.69) is 74.2 Å². The molecule has 1 unspecified atom stereocenters. The second kappa shape index (κ2) is 10.3. The summed E-state index contributed by atoms with van der Waals surface area (Å²) in [7, 11) is 1.75. The molecule has 0 spiro atoms. The van der Waals surface area contributed by atoms with Crippen LogP contribution >= 0.6 is 0 Å². The number of hydrogen-bond acceptors (Lipinski definition) is 1. The summed E-state index contributed by atoms with van der Waals surface area (Å²) >= 11 is 0. The summed E-state index contributed by atoms with van der Waals surface area (Å²) in [6, 6.07) is 22.7. The van der Waals surface area contributed by atoms with Crippen LogP contribution in [0.15, 0.2) is 79.4 Å². The molecule has 1 nitrogen and oxygen atoms in total. The minimum absolute atomic E-state index is 0.0761. The smallest absolute Gasteiger partial charge is 0.127 e. The highest BCUT2D eigenvalue weighted by molar-refractivity contribution is 5.70. The Morgan fingerprint density at radius 1 is 0.875 bits per heavy atom. The molecule has 3 aromatic carbocycles. The highest BCUT2D eigenvalue weighted by atomic mass is 19.1. The predicted molar refractivity (Wildman–Crippen MR) is 132 cm³/mol. The lowest BCUT2D eigenvalue weighted by molar-refractivity contribution is 0.100. The normalized spacial score (nSPS) is 19.5. The Labute approximate surface area is 192 Å². The Bertz CT molecular complexity index is 1020. The van der Waals surface area contributed by atoms with E-state index in [-0.39, 0.29) is 11.9 Å². The van der Waals surface area contributed by atoms with Crippen LogP contribution in [0, 0.1) is 11.7 Å². The number of ether oxygens (including phenoxy) is 1. The van der Waals surface area contributed by atoms with Crippen LogP contribution in [0.3, 0.4) is 0 Å². The van der Waals surface area contributed by atoms with Crippen molar-refractivity contribution in [1.82, 2.24) is 0 Å².